The molecule has 0 bridgehead atoms. The average molecular weight is 345 g/mol. The summed E-state index contributed by atoms with van der Waals surface area (Å²) >= 11 is 3.43. The highest BCUT2D eigenvalue weighted by atomic mass is 79.9. The quantitative estimate of drug-likeness (QED) is 0.923. The maximum atomic E-state index is 13.6. The molecular formula is C14H15BrF2N2O. The van der Waals surface area contributed by atoms with Crippen LogP contribution in [0.4, 0.5) is 8.78 Å². The number of benzene rings is 1. The lowest BCUT2D eigenvalue weighted by Gasteiger charge is -2.12. The van der Waals surface area contributed by atoms with Crippen LogP contribution in [0.15, 0.2) is 22.7 Å². The van der Waals surface area contributed by atoms with Crippen LogP contribution in [0.2, 0.25) is 0 Å². The SMILES string of the molecule is CCc1nn(C)c(CC(O)c2cc(F)ccc2F)c1Br. The summed E-state index contributed by atoms with van der Waals surface area (Å²) in [5.41, 5.74) is 1.57. The summed E-state index contributed by atoms with van der Waals surface area (Å²) in [6.07, 6.45) is -0.217. The average Bonchev–Trinajstić information content (AvgIpc) is 2.68. The molecule has 3 nitrogen and oxygen atoms in total. The van der Waals surface area contributed by atoms with Gasteiger partial charge in [-0.25, -0.2) is 8.78 Å². The Hall–Kier alpha value is -1.27. The topological polar surface area (TPSA) is 38.0 Å². The van der Waals surface area contributed by atoms with Crippen LogP contribution in [0.25, 0.3) is 0 Å². The molecule has 2 rings (SSSR count). The van der Waals surface area contributed by atoms with Crippen LogP contribution in [-0.4, -0.2) is 14.9 Å². The highest BCUT2D eigenvalue weighted by molar-refractivity contribution is 9.10. The van der Waals surface area contributed by atoms with E-state index in [-0.39, 0.29) is 12.0 Å². The molecule has 0 aliphatic heterocycles. The normalized spacial score (nSPS) is 12.7. The van der Waals surface area contributed by atoms with Crippen molar-refractivity contribution in [3.63, 3.8) is 0 Å². The van der Waals surface area contributed by atoms with Crippen molar-refractivity contribution in [2.75, 3.05) is 0 Å². The lowest BCUT2D eigenvalue weighted by Crippen LogP contribution is -2.09. The van der Waals surface area contributed by atoms with E-state index in [0.717, 1.165) is 40.5 Å². The molecule has 20 heavy (non-hydrogen) atoms. The van der Waals surface area contributed by atoms with E-state index in [0.29, 0.717) is 0 Å². The van der Waals surface area contributed by atoms with Crippen molar-refractivity contribution in [3.05, 3.63) is 51.3 Å². The van der Waals surface area contributed by atoms with Gasteiger partial charge in [-0.15, -0.1) is 0 Å². The van der Waals surface area contributed by atoms with Crippen LogP contribution < -0.4 is 0 Å². The Labute approximate surface area is 124 Å². The van der Waals surface area contributed by atoms with Gasteiger partial charge < -0.3 is 5.11 Å². The fraction of sp³-hybridized carbons (Fsp3) is 0.357. The molecule has 1 unspecified atom stereocenters. The molecule has 0 aliphatic rings. The molecule has 2 aromatic rings. The van der Waals surface area contributed by atoms with Crippen LogP contribution in [-0.2, 0) is 19.9 Å². The molecule has 6 heteroatoms. The van der Waals surface area contributed by atoms with Gasteiger partial charge >= 0.3 is 0 Å². The number of nitrogens with zero attached hydrogens (tertiary/aromatic N) is 2. The summed E-state index contributed by atoms with van der Waals surface area (Å²) in [6, 6.07) is 3.06. The third-order valence-corrected chi connectivity index (χ3v) is 4.12. The molecule has 0 amide bonds. The zero-order chi connectivity index (χ0) is 14.9. The number of halogens is 3. The monoisotopic (exact) mass is 344 g/mol. The number of hydrogen-bond acceptors (Lipinski definition) is 2. The van der Waals surface area contributed by atoms with E-state index in [2.05, 4.69) is 21.0 Å². The Morgan fingerprint density at radius 1 is 1.40 bits per heavy atom. The summed E-state index contributed by atoms with van der Waals surface area (Å²) in [4.78, 5) is 0. The Balaban J connectivity index is 2.30. The third-order valence-electron chi connectivity index (χ3n) is 3.21. The number of aryl methyl sites for hydroxylation is 2. The Morgan fingerprint density at radius 2 is 2.10 bits per heavy atom. The number of aromatic nitrogens is 2. The Kier molecular flexibility index (Phi) is 4.55. The number of rotatable bonds is 4. The minimum Gasteiger partial charge on any atom is -0.388 e. The van der Waals surface area contributed by atoms with Gasteiger partial charge in [0.2, 0.25) is 0 Å². The molecule has 108 valence electrons. The van der Waals surface area contributed by atoms with Gasteiger partial charge in [0.1, 0.15) is 11.6 Å². The van der Waals surface area contributed by atoms with Crippen molar-refractivity contribution in [3.8, 4) is 0 Å². The first kappa shape index (κ1) is 15.1. The van der Waals surface area contributed by atoms with E-state index < -0.39 is 17.7 Å². The van der Waals surface area contributed by atoms with E-state index in [1.807, 2.05) is 6.92 Å². The van der Waals surface area contributed by atoms with E-state index >= 15 is 0 Å². The highest BCUT2D eigenvalue weighted by Gasteiger charge is 2.20. The van der Waals surface area contributed by atoms with Crippen molar-refractivity contribution in [2.24, 2.45) is 7.05 Å². The smallest absolute Gasteiger partial charge is 0.129 e. The van der Waals surface area contributed by atoms with Crippen LogP contribution in [0, 0.1) is 11.6 Å². The third kappa shape index (κ3) is 2.91. The zero-order valence-corrected chi connectivity index (χ0v) is 12.8. The highest BCUT2D eigenvalue weighted by Crippen LogP contribution is 2.28. The van der Waals surface area contributed by atoms with E-state index in [4.69, 9.17) is 0 Å². The van der Waals surface area contributed by atoms with Gasteiger partial charge in [-0.1, -0.05) is 6.92 Å². The molecule has 1 aromatic heterocycles. The molecule has 0 radical (unpaired) electrons. The minimum absolute atomic E-state index is 0.0452. The molecule has 0 aliphatic carbocycles. The van der Waals surface area contributed by atoms with Gasteiger partial charge in [0.25, 0.3) is 0 Å². The molecule has 1 atom stereocenters. The van der Waals surface area contributed by atoms with Gasteiger partial charge in [-0.3, -0.25) is 4.68 Å². The lowest BCUT2D eigenvalue weighted by molar-refractivity contribution is 0.170. The fourth-order valence-electron chi connectivity index (χ4n) is 2.10. The van der Waals surface area contributed by atoms with Crippen molar-refractivity contribution in [1.82, 2.24) is 9.78 Å². The first-order valence-electron chi connectivity index (χ1n) is 6.27. The molecule has 1 heterocycles. The van der Waals surface area contributed by atoms with E-state index in [1.54, 1.807) is 11.7 Å². The van der Waals surface area contributed by atoms with Gasteiger partial charge in [0.05, 0.1) is 22.0 Å². The molecular weight excluding hydrogens is 330 g/mol. The van der Waals surface area contributed by atoms with Crippen LogP contribution in [0.3, 0.4) is 0 Å². The standard InChI is InChI=1S/C14H15BrF2N2O/c1-3-11-14(15)12(19(2)18-11)7-13(20)9-6-8(16)4-5-10(9)17/h4-6,13,20H,3,7H2,1-2H3. The van der Waals surface area contributed by atoms with Crippen LogP contribution in [0.5, 0.6) is 0 Å². The van der Waals surface area contributed by atoms with Gasteiger partial charge in [0.15, 0.2) is 0 Å². The molecule has 0 spiro atoms. The zero-order valence-electron chi connectivity index (χ0n) is 11.2. The second kappa shape index (κ2) is 6.01. The molecule has 0 saturated carbocycles. The molecule has 0 fully saturated rings. The fourth-order valence-corrected chi connectivity index (χ4v) is 2.88. The second-order valence-corrected chi connectivity index (χ2v) is 5.36. The number of aliphatic hydroxyl groups excluding tert-OH is 1. The van der Waals surface area contributed by atoms with Crippen molar-refractivity contribution < 1.29 is 13.9 Å². The van der Waals surface area contributed by atoms with Gasteiger partial charge in [0, 0.05) is 19.0 Å². The maximum Gasteiger partial charge on any atom is 0.129 e. The van der Waals surface area contributed by atoms with E-state index in [9.17, 15) is 13.9 Å². The largest absolute Gasteiger partial charge is 0.388 e. The lowest BCUT2D eigenvalue weighted by atomic mass is 10.0. The maximum absolute atomic E-state index is 13.6. The van der Waals surface area contributed by atoms with Gasteiger partial charge in [-0.2, -0.15) is 5.10 Å². The van der Waals surface area contributed by atoms with Crippen molar-refractivity contribution in [2.45, 2.75) is 25.9 Å². The predicted molar refractivity (Wildman–Crippen MR) is 75.3 cm³/mol. The van der Waals surface area contributed by atoms with E-state index in [1.165, 1.54) is 0 Å². The second-order valence-electron chi connectivity index (χ2n) is 4.57. The summed E-state index contributed by atoms with van der Waals surface area (Å²) in [6.45, 7) is 1.97. The first-order valence-corrected chi connectivity index (χ1v) is 7.06. The predicted octanol–water partition coefficient (Wildman–Crippen LogP) is 3.30. The summed E-state index contributed by atoms with van der Waals surface area (Å²) in [5.74, 6) is -1.19. The number of hydrogen-bond donors (Lipinski definition) is 1. The minimum atomic E-state index is -1.12. The molecule has 1 N–H and O–H groups in total. The summed E-state index contributed by atoms with van der Waals surface area (Å²) in [5, 5.41) is 14.4. The Bertz CT molecular complexity index is 628. The van der Waals surface area contributed by atoms with Gasteiger partial charge in [-0.05, 0) is 40.5 Å². The molecule has 1 aromatic carbocycles. The Morgan fingerprint density at radius 3 is 2.70 bits per heavy atom. The van der Waals surface area contributed by atoms with Crippen LogP contribution >= 0.6 is 15.9 Å². The van der Waals surface area contributed by atoms with Crippen molar-refractivity contribution >= 4 is 15.9 Å². The van der Waals surface area contributed by atoms with Crippen molar-refractivity contribution in [1.29, 1.82) is 0 Å². The molecule has 0 saturated heterocycles. The van der Waals surface area contributed by atoms with Crippen LogP contribution in [0.1, 0.15) is 30.0 Å². The summed E-state index contributed by atoms with van der Waals surface area (Å²) in [7, 11) is 1.76. The summed E-state index contributed by atoms with van der Waals surface area (Å²) < 4.78 is 29.2. The first-order chi connectivity index (χ1) is 9.43. The number of aliphatic hydroxyl groups is 1.